The van der Waals surface area contributed by atoms with E-state index in [1.807, 2.05) is 0 Å². The summed E-state index contributed by atoms with van der Waals surface area (Å²) in [5, 5.41) is 3.56. The maximum atomic E-state index is 3.56. The van der Waals surface area contributed by atoms with E-state index in [1.165, 1.54) is 19.4 Å². The van der Waals surface area contributed by atoms with Crippen LogP contribution in [0.15, 0.2) is 0 Å². The Morgan fingerprint density at radius 2 is 1.47 bits per heavy atom. The summed E-state index contributed by atoms with van der Waals surface area (Å²) in [6, 6.07) is 0. The zero-order valence-electron chi connectivity index (χ0n) is 11.6. The van der Waals surface area contributed by atoms with Gasteiger partial charge in [0, 0.05) is 0 Å². The quantitative estimate of drug-likeness (QED) is 0.644. The van der Waals surface area contributed by atoms with Gasteiger partial charge in [-0.15, -0.1) is 0 Å². The third-order valence-electron chi connectivity index (χ3n) is 3.56. The predicted octanol–water partition coefficient (Wildman–Crippen LogP) is 3.94. The molecule has 0 saturated carbocycles. The highest BCUT2D eigenvalue weighted by atomic mass is 14.9. The van der Waals surface area contributed by atoms with Gasteiger partial charge in [-0.25, -0.2) is 0 Å². The van der Waals surface area contributed by atoms with Crippen LogP contribution in [0.2, 0.25) is 0 Å². The summed E-state index contributed by atoms with van der Waals surface area (Å²) in [4.78, 5) is 0. The second kappa shape index (κ2) is 8.15. The molecule has 0 aliphatic carbocycles. The molecule has 3 atom stereocenters. The van der Waals surface area contributed by atoms with Gasteiger partial charge in [-0.3, -0.25) is 0 Å². The maximum Gasteiger partial charge on any atom is -0.00204 e. The molecule has 1 heteroatoms. The van der Waals surface area contributed by atoms with Crippen molar-refractivity contribution >= 4 is 0 Å². The number of rotatable bonds is 8. The van der Waals surface area contributed by atoms with Crippen molar-refractivity contribution in [2.75, 3.05) is 13.1 Å². The van der Waals surface area contributed by atoms with Gasteiger partial charge >= 0.3 is 0 Å². The van der Waals surface area contributed by atoms with E-state index < -0.39 is 0 Å². The van der Waals surface area contributed by atoms with Crippen LogP contribution in [-0.4, -0.2) is 13.1 Å². The molecule has 0 aromatic heterocycles. The molecule has 0 saturated heterocycles. The minimum absolute atomic E-state index is 0.764. The van der Waals surface area contributed by atoms with Gasteiger partial charge in [0.1, 0.15) is 0 Å². The Labute approximate surface area is 97.0 Å². The fourth-order valence-electron chi connectivity index (χ4n) is 2.06. The largest absolute Gasteiger partial charge is 0.316 e. The van der Waals surface area contributed by atoms with Gasteiger partial charge < -0.3 is 5.32 Å². The van der Waals surface area contributed by atoms with E-state index in [1.54, 1.807) is 0 Å². The molecule has 0 bridgehead atoms. The molecule has 0 rings (SSSR count). The summed E-state index contributed by atoms with van der Waals surface area (Å²) in [7, 11) is 0. The minimum atomic E-state index is 0.764. The molecule has 3 unspecified atom stereocenters. The Hall–Kier alpha value is -0.0400. The molecule has 1 N–H and O–H groups in total. The van der Waals surface area contributed by atoms with Crippen molar-refractivity contribution in [2.45, 2.75) is 54.4 Å². The normalized spacial score (nSPS) is 17.8. The summed E-state index contributed by atoms with van der Waals surface area (Å²) >= 11 is 0. The van der Waals surface area contributed by atoms with E-state index in [9.17, 15) is 0 Å². The second-order valence-corrected chi connectivity index (χ2v) is 5.65. The molecule has 0 radical (unpaired) electrons. The van der Waals surface area contributed by atoms with Crippen LogP contribution in [0.5, 0.6) is 0 Å². The van der Waals surface area contributed by atoms with Crippen molar-refractivity contribution in [3.05, 3.63) is 0 Å². The summed E-state index contributed by atoms with van der Waals surface area (Å²) < 4.78 is 0. The van der Waals surface area contributed by atoms with Crippen molar-refractivity contribution < 1.29 is 0 Å². The third kappa shape index (κ3) is 6.94. The average molecular weight is 213 g/mol. The highest BCUT2D eigenvalue weighted by Crippen LogP contribution is 2.23. The molecule has 0 aliphatic rings. The minimum Gasteiger partial charge on any atom is -0.316 e. The standard InChI is InChI=1S/C14H31N/c1-7-8-12(4)14(6)13(5)10-15-9-11(2)3/h11-15H,7-10H2,1-6H3. The van der Waals surface area contributed by atoms with Gasteiger partial charge in [0.15, 0.2) is 0 Å². The van der Waals surface area contributed by atoms with Crippen molar-refractivity contribution in [1.82, 2.24) is 5.32 Å². The van der Waals surface area contributed by atoms with Crippen LogP contribution in [0.3, 0.4) is 0 Å². The zero-order chi connectivity index (χ0) is 11.8. The lowest BCUT2D eigenvalue weighted by Crippen LogP contribution is -2.30. The number of hydrogen-bond donors (Lipinski definition) is 1. The highest BCUT2D eigenvalue weighted by molar-refractivity contribution is 4.70. The lowest BCUT2D eigenvalue weighted by atomic mass is 9.82. The molecule has 0 heterocycles. The molecule has 0 aromatic rings. The summed E-state index contributed by atoms with van der Waals surface area (Å²) in [6.45, 7) is 16.3. The fourth-order valence-corrected chi connectivity index (χ4v) is 2.06. The average Bonchev–Trinajstić information content (AvgIpc) is 2.16. The van der Waals surface area contributed by atoms with E-state index in [4.69, 9.17) is 0 Å². The van der Waals surface area contributed by atoms with Gasteiger partial charge in [0.2, 0.25) is 0 Å². The smallest absolute Gasteiger partial charge is 0.00204 e. The lowest BCUT2D eigenvalue weighted by Gasteiger charge is -2.26. The zero-order valence-corrected chi connectivity index (χ0v) is 11.6. The second-order valence-electron chi connectivity index (χ2n) is 5.65. The van der Waals surface area contributed by atoms with Gasteiger partial charge in [-0.1, -0.05) is 54.4 Å². The molecule has 15 heavy (non-hydrogen) atoms. The van der Waals surface area contributed by atoms with Gasteiger partial charge in [-0.05, 0) is 36.8 Å². The van der Waals surface area contributed by atoms with Crippen LogP contribution in [-0.2, 0) is 0 Å². The van der Waals surface area contributed by atoms with E-state index >= 15 is 0 Å². The lowest BCUT2D eigenvalue weighted by molar-refractivity contribution is 0.256. The Balaban J connectivity index is 3.72. The Kier molecular flexibility index (Phi) is 8.13. The van der Waals surface area contributed by atoms with Gasteiger partial charge in [0.25, 0.3) is 0 Å². The molecular weight excluding hydrogens is 182 g/mol. The molecule has 92 valence electrons. The SMILES string of the molecule is CCCC(C)C(C)C(C)CNCC(C)C. The van der Waals surface area contributed by atoms with Crippen LogP contribution >= 0.6 is 0 Å². The van der Waals surface area contributed by atoms with E-state index in [0.29, 0.717) is 0 Å². The third-order valence-corrected chi connectivity index (χ3v) is 3.56. The highest BCUT2D eigenvalue weighted by Gasteiger charge is 2.17. The molecule has 0 aromatic carbocycles. The predicted molar refractivity (Wildman–Crippen MR) is 70.1 cm³/mol. The Morgan fingerprint density at radius 3 is 1.93 bits per heavy atom. The van der Waals surface area contributed by atoms with Crippen molar-refractivity contribution in [2.24, 2.45) is 23.7 Å². The fraction of sp³-hybridized carbons (Fsp3) is 1.00. The summed E-state index contributed by atoms with van der Waals surface area (Å²) in [6.07, 6.45) is 2.69. The first-order valence-corrected chi connectivity index (χ1v) is 6.69. The molecule has 0 aliphatic heterocycles. The molecular formula is C14H31N. The van der Waals surface area contributed by atoms with Crippen LogP contribution < -0.4 is 5.32 Å². The molecule has 0 spiro atoms. The first-order valence-electron chi connectivity index (χ1n) is 6.69. The first-order chi connectivity index (χ1) is 6.99. The van der Waals surface area contributed by atoms with Crippen molar-refractivity contribution in [3.8, 4) is 0 Å². The molecule has 0 fully saturated rings. The van der Waals surface area contributed by atoms with Crippen LogP contribution in [0, 0.1) is 23.7 Å². The van der Waals surface area contributed by atoms with E-state index in [2.05, 4.69) is 46.9 Å². The van der Waals surface area contributed by atoms with Gasteiger partial charge in [-0.2, -0.15) is 0 Å². The molecule has 0 amide bonds. The van der Waals surface area contributed by atoms with E-state index in [0.717, 1.165) is 30.2 Å². The number of nitrogens with one attached hydrogen (secondary N) is 1. The summed E-state index contributed by atoms with van der Waals surface area (Å²) in [5.74, 6) is 3.27. The van der Waals surface area contributed by atoms with Crippen LogP contribution in [0.1, 0.15) is 54.4 Å². The van der Waals surface area contributed by atoms with Crippen molar-refractivity contribution in [1.29, 1.82) is 0 Å². The monoisotopic (exact) mass is 213 g/mol. The van der Waals surface area contributed by atoms with Crippen LogP contribution in [0.25, 0.3) is 0 Å². The maximum absolute atomic E-state index is 3.56. The van der Waals surface area contributed by atoms with Crippen LogP contribution in [0.4, 0.5) is 0 Å². The van der Waals surface area contributed by atoms with E-state index in [-0.39, 0.29) is 0 Å². The van der Waals surface area contributed by atoms with Crippen molar-refractivity contribution in [3.63, 3.8) is 0 Å². The first kappa shape index (κ1) is 15.0. The Morgan fingerprint density at radius 1 is 0.867 bits per heavy atom. The summed E-state index contributed by atoms with van der Waals surface area (Å²) in [5.41, 5.74) is 0. The van der Waals surface area contributed by atoms with Gasteiger partial charge in [0.05, 0.1) is 0 Å². The molecule has 1 nitrogen and oxygen atoms in total. The Bertz CT molecular complexity index is 142. The number of hydrogen-bond acceptors (Lipinski definition) is 1. The topological polar surface area (TPSA) is 12.0 Å².